The zero-order valence-electron chi connectivity index (χ0n) is 15.3. The molecular formula is C20H31NO3. The van der Waals surface area contributed by atoms with Crippen molar-refractivity contribution in [3.8, 4) is 5.75 Å². The minimum atomic E-state index is -0.650. The number of carboxylic acid groups (broad SMARTS) is 1. The van der Waals surface area contributed by atoms with Crippen LogP contribution in [-0.2, 0) is 10.2 Å². The first-order valence-corrected chi connectivity index (χ1v) is 8.98. The number of nitrogens with one attached hydrogen (secondary N) is 1. The molecule has 1 aliphatic rings. The molecule has 4 heteroatoms. The Labute approximate surface area is 145 Å². The molecule has 0 amide bonds. The van der Waals surface area contributed by atoms with Crippen LogP contribution in [0.15, 0.2) is 24.3 Å². The molecule has 2 N–H and O–H groups in total. The van der Waals surface area contributed by atoms with E-state index in [0.29, 0.717) is 12.6 Å². The van der Waals surface area contributed by atoms with E-state index in [-0.39, 0.29) is 17.4 Å². The molecule has 0 spiro atoms. The predicted octanol–water partition coefficient (Wildman–Crippen LogP) is 3.98. The molecule has 1 saturated carbocycles. The molecule has 0 aromatic heterocycles. The number of carbonyl (C=O) groups is 1. The molecule has 1 unspecified atom stereocenters. The smallest absolute Gasteiger partial charge is 0.306 e. The van der Waals surface area contributed by atoms with Crippen molar-refractivity contribution in [3.05, 3.63) is 29.8 Å². The molecule has 4 nitrogen and oxygen atoms in total. The fourth-order valence-electron chi connectivity index (χ4n) is 3.23. The van der Waals surface area contributed by atoms with Gasteiger partial charge in [0.2, 0.25) is 0 Å². The number of aliphatic carboxylic acids is 1. The van der Waals surface area contributed by atoms with Gasteiger partial charge in [-0.15, -0.1) is 0 Å². The van der Waals surface area contributed by atoms with Crippen LogP contribution in [0.1, 0.15) is 58.9 Å². The average Bonchev–Trinajstić information content (AvgIpc) is 2.53. The maximum Gasteiger partial charge on any atom is 0.306 e. The SMILES string of the molecule is CC(COc1ccc(C(C)(C)C)cc1)NC1CCC(C(=O)O)CC1. The lowest BCUT2D eigenvalue weighted by atomic mass is 9.86. The molecule has 1 aromatic rings. The molecule has 2 rings (SSSR count). The quantitative estimate of drug-likeness (QED) is 0.826. The third-order valence-electron chi connectivity index (χ3n) is 4.82. The van der Waals surface area contributed by atoms with Gasteiger partial charge in [0.05, 0.1) is 5.92 Å². The van der Waals surface area contributed by atoms with Crippen LogP contribution in [0.25, 0.3) is 0 Å². The van der Waals surface area contributed by atoms with Crippen LogP contribution in [0.5, 0.6) is 5.75 Å². The molecule has 0 saturated heterocycles. The van der Waals surface area contributed by atoms with Gasteiger partial charge in [-0.3, -0.25) is 4.79 Å². The summed E-state index contributed by atoms with van der Waals surface area (Å²) in [5.74, 6) is 0.0886. The molecular weight excluding hydrogens is 302 g/mol. The fraction of sp³-hybridized carbons (Fsp3) is 0.650. The first kappa shape index (κ1) is 18.8. The normalized spacial score (nSPS) is 22.8. The summed E-state index contributed by atoms with van der Waals surface area (Å²) in [4.78, 5) is 11.0. The number of carboxylic acids is 1. The number of rotatable bonds is 6. The topological polar surface area (TPSA) is 58.6 Å². The molecule has 1 atom stereocenters. The van der Waals surface area contributed by atoms with E-state index in [0.717, 1.165) is 31.4 Å². The molecule has 0 bridgehead atoms. The van der Waals surface area contributed by atoms with Crippen molar-refractivity contribution < 1.29 is 14.6 Å². The Morgan fingerprint density at radius 1 is 1.21 bits per heavy atom. The largest absolute Gasteiger partial charge is 0.492 e. The van der Waals surface area contributed by atoms with Crippen LogP contribution in [0, 0.1) is 5.92 Å². The van der Waals surface area contributed by atoms with E-state index in [1.165, 1.54) is 5.56 Å². The summed E-state index contributed by atoms with van der Waals surface area (Å²) in [7, 11) is 0. The summed E-state index contributed by atoms with van der Waals surface area (Å²) in [6.45, 7) is 9.34. The summed E-state index contributed by atoms with van der Waals surface area (Å²) in [5, 5.41) is 12.6. The van der Waals surface area contributed by atoms with Gasteiger partial charge in [0.1, 0.15) is 12.4 Å². The summed E-state index contributed by atoms with van der Waals surface area (Å²) in [6.07, 6.45) is 3.41. The van der Waals surface area contributed by atoms with Gasteiger partial charge < -0.3 is 15.2 Å². The molecule has 1 fully saturated rings. The zero-order chi connectivity index (χ0) is 17.7. The van der Waals surface area contributed by atoms with Crippen LogP contribution in [0.3, 0.4) is 0 Å². The Morgan fingerprint density at radius 2 is 1.79 bits per heavy atom. The second-order valence-electron chi connectivity index (χ2n) is 8.04. The van der Waals surface area contributed by atoms with Gasteiger partial charge in [0.25, 0.3) is 0 Å². The van der Waals surface area contributed by atoms with Gasteiger partial charge in [-0.05, 0) is 55.7 Å². The van der Waals surface area contributed by atoms with Gasteiger partial charge >= 0.3 is 5.97 Å². The number of benzene rings is 1. The van der Waals surface area contributed by atoms with Crippen molar-refractivity contribution in [3.63, 3.8) is 0 Å². The van der Waals surface area contributed by atoms with E-state index in [1.54, 1.807) is 0 Å². The monoisotopic (exact) mass is 333 g/mol. The Kier molecular flexibility index (Phi) is 6.27. The molecule has 1 aromatic carbocycles. The third-order valence-corrected chi connectivity index (χ3v) is 4.82. The minimum absolute atomic E-state index is 0.155. The summed E-state index contributed by atoms with van der Waals surface area (Å²) in [5.41, 5.74) is 1.46. The Morgan fingerprint density at radius 3 is 2.29 bits per heavy atom. The van der Waals surface area contributed by atoms with Crippen molar-refractivity contribution in [1.29, 1.82) is 0 Å². The van der Waals surface area contributed by atoms with Crippen molar-refractivity contribution in [1.82, 2.24) is 5.32 Å². The van der Waals surface area contributed by atoms with E-state index in [4.69, 9.17) is 9.84 Å². The minimum Gasteiger partial charge on any atom is -0.492 e. The van der Waals surface area contributed by atoms with E-state index in [2.05, 4.69) is 45.1 Å². The summed E-state index contributed by atoms with van der Waals surface area (Å²) in [6, 6.07) is 8.97. The Hall–Kier alpha value is -1.55. The van der Waals surface area contributed by atoms with E-state index in [1.807, 2.05) is 12.1 Å². The van der Waals surface area contributed by atoms with Crippen molar-refractivity contribution >= 4 is 5.97 Å². The van der Waals surface area contributed by atoms with E-state index < -0.39 is 5.97 Å². The second-order valence-corrected chi connectivity index (χ2v) is 8.04. The van der Waals surface area contributed by atoms with Crippen molar-refractivity contribution in [2.75, 3.05) is 6.61 Å². The van der Waals surface area contributed by atoms with Gasteiger partial charge in [-0.1, -0.05) is 32.9 Å². The highest BCUT2D eigenvalue weighted by Crippen LogP contribution is 2.25. The third kappa shape index (κ3) is 5.52. The van der Waals surface area contributed by atoms with Crippen molar-refractivity contribution in [2.45, 2.75) is 70.9 Å². The highest BCUT2D eigenvalue weighted by Gasteiger charge is 2.26. The van der Waals surface area contributed by atoms with Crippen LogP contribution >= 0.6 is 0 Å². The Bertz CT molecular complexity index is 525. The highest BCUT2D eigenvalue weighted by molar-refractivity contribution is 5.70. The van der Waals surface area contributed by atoms with Crippen molar-refractivity contribution in [2.24, 2.45) is 5.92 Å². The summed E-state index contributed by atoms with van der Waals surface area (Å²) < 4.78 is 5.88. The predicted molar refractivity (Wildman–Crippen MR) is 96.6 cm³/mol. The molecule has 0 radical (unpaired) electrons. The number of ether oxygens (including phenoxy) is 1. The lowest BCUT2D eigenvalue weighted by Crippen LogP contribution is -2.42. The molecule has 24 heavy (non-hydrogen) atoms. The van der Waals surface area contributed by atoms with Crippen LogP contribution in [0.4, 0.5) is 0 Å². The number of hydrogen-bond acceptors (Lipinski definition) is 3. The zero-order valence-corrected chi connectivity index (χ0v) is 15.3. The molecule has 0 heterocycles. The van der Waals surface area contributed by atoms with Crippen LogP contribution in [0.2, 0.25) is 0 Å². The van der Waals surface area contributed by atoms with Crippen LogP contribution < -0.4 is 10.1 Å². The maximum absolute atomic E-state index is 11.0. The average molecular weight is 333 g/mol. The second kappa shape index (κ2) is 8.02. The first-order chi connectivity index (χ1) is 11.3. The van der Waals surface area contributed by atoms with E-state index >= 15 is 0 Å². The highest BCUT2D eigenvalue weighted by atomic mass is 16.5. The van der Waals surface area contributed by atoms with Gasteiger partial charge in [-0.2, -0.15) is 0 Å². The van der Waals surface area contributed by atoms with Gasteiger partial charge in [0.15, 0.2) is 0 Å². The van der Waals surface area contributed by atoms with Gasteiger partial charge in [0, 0.05) is 12.1 Å². The first-order valence-electron chi connectivity index (χ1n) is 8.98. The number of hydrogen-bond donors (Lipinski definition) is 2. The molecule has 0 aliphatic heterocycles. The van der Waals surface area contributed by atoms with Crippen LogP contribution in [-0.4, -0.2) is 29.8 Å². The molecule has 134 valence electrons. The Balaban J connectivity index is 1.73. The van der Waals surface area contributed by atoms with E-state index in [9.17, 15) is 4.79 Å². The molecule has 1 aliphatic carbocycles. The fourth-order valence-corrected chi connectivity index (χ4v) is 3.23. The summed E-state index contributed by atoms with van der Waals surface area (Å²) >= 11 is 0. The lowest BCUT2D eigenvalue weighted by molar-refractivity contribution is -0.142. The van der Waals surface area contributed by atoms with Gasteiger partial charge in [-0.25, -0.2) is 0 Å². The lowest BCUT2D eigenvalue weighted by Gasteiger charge is -2.29. The standard InChI is InChI=1S/C20H31NO3/c1-14(21-17-9-5-15(6-10-17)19(22)23)13-24-18-11-7-16(8-12-18)20(2,3)4/h7-8,11-12,14-15,17,21H,5-6,9-10,13H2,1-4H3,(H,22,23). The maximum atomic E-state index is 11.0.